The molecule has 1 saturated heterocycles. The molecule has 0 unspecified atom stereocenters. The van der Waals surface area contributed by atoms with E-state index in [1.807, 2.05) is 0 Å². The summed E-state index contributed by atoms with van der Waals surface area (Å²) in [5.41, 5.74) is 0.791. The first-order valence-electron chi connectivity index (χ1n) is 6.70. The van der Waals surface area contributed by atoms with Crippen molar-refractivity contribution < 1.29 is 23.8 Å². The summed E-state index contributed by atoms with van der Waals surface area (Å²) in [7, 11) is 4.55. The number of carbonyl (C=O) groups excluding carboxylic acids is 2. The summed E-state index contributed by atoms with van der Waals surface area (Å²) in [6, 6.07) is 2.90. The summed E-state index contributed by atoms with van der Waals surface area (Å²) in [5, 5.41) is 2.54. The highest BCUT2D eigenvalue weighted by Crippen LogP contribution is 2.35. The summed E-state index contributed by atoms with van der Waals surface area (Å²) >= 11 is 0. The van der Waals surface area contributed by atoms with Crippen LogP contribution in [-0.4, -0.2) is 44.7 Å². The van der Waals surface area contributed by atoms with E-state index in [0.29, 0.717) is 29.4 Å². The fourth-order valence-electron chi connectivity index (χ4n) is 2.18. The third-order valence-corrected chi connectivity index (χ3v) is 3.31. The van der Waals surface area contributed by atoms with Crippen LogP contribution in [0.15, 0.2) is 17.8 Å². The SMILES string of the molecule is CCN1C(=O)N/C(=C/c2cc(OC)c(OC)cc2OC)C1=O. The standard InChI is InChI=1S/C15H18N2O5/c1-5-17-14(18)10(16-15(17)19)6-9-7-12(21-3)13(22-4)8-11(9)20-2/h6-8H,5H2,1-4H3,(H,16,19)/b10-6+. The fraction of sp³-hybridized carbons (Fsp3) is 0.333. The van der Waals surface area contributed by atoms with Crippen LogP contribution in [0.5, 0.6) is 17.2 Å². The first-order chi connectivity index (χ1) is 10.5. The minimum atomic E-state index is -0.432. The molecule has 118 valence electrons. The number of ether oxygens (including phenoxy) is 3. The molecule has 0 radical (unpaired) electrons. The Labute approximate surface area is 128 Å². The van der Waals surface area contributed by atoms with Crippen LogP contribution >= 0.6 is 0 Å². The largest absolute Gasteiger partial charge is 0.496 e. The van der Waals surface area contributed by atoms with Gasteiger partial charge in [-0.3, -0.25) is 9.69 Å². The van der Waals surface area contributed by atoms with Gasteiger partial charge in [0.15, 0.2) is 11.5 Å². The van der Waals surface area contributed by atoms with Crippen molar-refractivity contribution in [3.8, 4) is 17.2 Å². The van der Waals surface area contributed by atoms with E-state index in [9.17, 15) is 9.59 Å². The van der Waals surface area contributed by atoms with Crippen molar-refractivity contribution in [2.24, 2.45) is 0 Å². The van der Waals surface area contributed by atoms with E-state index in [1.165, 1.54) is 21.3 Å². The second-order valence-corrected chi connectivity index (χ2v) is 4.49. The zero-order chi connectivity index (χ0) is 16.3. The van der Waals surface area contributed by atoms with Crippen LogP contribution in [0.2, 0.25) is 0 Å². The highest BCUT2D eigenvalue weighted by Gasteiger charge is 2.32. The molecule has 7 heteroatoms. The Morgan fingerprint density at radius 3 is 2.14 bits per heavy atom. The van der Waals surface area contributed by atoms with Gasteiger partial charge in [0.05, 0.1) is 21.3 Å². The average molecular weight is 306 g/mol. The van der Waals surface area contributed by atoms with Gasteiger partial charge in [0.25, 0.3) is 5.91 Å². The van der Waals surface area contributed by atoms with Crippen LogP contribution in [0.4, 0.5) is 4.79 Å². The number of methoxy groups -OCH3 is 3. The minimum absolute atomic E-state index is 0.192. The number of hydrogen-bond donors (Lipinski definition) is 1. The Morgan fingerprint density at radius 1 is 1.05 bits per heavy atom. The zero-order valence-electron chi connectivity index (χ0n) is 12.9. The monoisotopic (exact) mass is 306 g/mol. The molecule has 22 heavy (non-hydrogen) atoms. The van der Waals surface area contributed by atoms with Crippen molar-refractivity contribution in [1.29, 1.82) is 0 Å². The van der Waals surface area contributed by atoms with Crippen molar-refractivity contribution in [3.63, 3.8) is 0 Å². The topological polar surface area (TPSA) is 77.1 Å². The Hall–Kier alpha value is -2.70. The smallest absolute Gasteiger partial charge is 0.328 e. The third kappa shape index (κ3) is 2.69. The lowest BCUT2D eigenvalue weighted by atomic mass is 10.1. The van der Waals surface area contributed by atoms with Crippen LogP contribution < -0.4 is 19.5 Å². The van der Waals surface area contributed by atoms with Gasteiger partial charge in [-0.05, 0) is 19.1 Å². The van der Waals surface area contributed by atoms with Crippen LogP contribution in [0.1, 0.15) is 12.5 Å². The summed E-state index contributed by atoms with van der Waals surface area (Å²) < 4.78 is 15.7. The van der Waals surface area contributed by atoms with Gasteiger partial charge in [0.1, 0.15) is 11.4 Å². The number of benzene rings is 1. The molecular weight excluding hydrogens is 288 g/mol. The molecule has 0 aromatic heterocycles. The molecule has 3 amide bonds. The van der Waals surface area contributed by atoms with E-state index < -0.39 is 6.03 Å². The molecule has 7 nitrogen and oxygen atoms in total. The molecule has 0 spiro atoms. The van der Waals surface area contributed by atoms with E-state index in [-0.39, 0.29) is 11.6 Å². The maximum atomic E-state index is 12.1. The highest BCUT2D eigenvalue weighted by atomic mass is 16.5. The quantitative estimate of drug-likeness (QED) is 0.661. The number of amides is 3. The molecule has 1 aromatic rings. The Bertz CT molecular complexity index is 639. The highest BCUT2D eigenvalue weighted by molar-refractivity contribution is 6.14. The number of likely N-dealkylation sites (N-methyl/N-ethyl adjacent to an activating group) is 1. The number of hydrogen-bond acceptors (Lipinski definition) is 5. The van der Waals surface area contributed by atoms with Gasteiger partial charge < -0.3 is 19.5 Å². The van der Waals surface area contributed by atoms with Crippen LogP contribution in [0.25, 0.3) is 6.08 Å². The lowest BCUT2D eigenvalue weighted by molar-refractivity contribution is -0.122. The third-order valence-electron chi connectivity index (χ3n) is 3.31. The number of nitrogens with one attached hydrogen (secondary N) is 1. The molecule has 0 saturated carbocycles. The molecule has 1 N–H and O–H groups in total. The van der Waals surface area contributed by atoms with Crippen molar-refractivity contribution in [2.75, 3.05) is 27.9 Å². The van der Waals surface area contributed by atoms with E-state index in [0.717, 1.165) is 4.90 Å². The van der Waals surface area contributed by atoms with Crippen LogP contribution in [0, 0.1) is 0 Å². The summed E-state index contributed by atoms with van der Waals surface area (Å²) in [6.45, 7) is 2.04. The maximum Gasteiger partial charge on any atom is 0.328 e. The minimum Gasteiger partial charge on any atom is -0.496 e. The molecule has 1 fully saturated rings. The summed E-state index contributed by atoms with van der Waals surface area (Å²) in [4.78, 5) is 24.9. The summed E-state index contributed by atoms with van der Waals surface area (Å²) in [5.74, 6) is 1.14. The average Bonchev–Trinajstić information content (AvgIpc) is 2.80. The Kier molecular flexibility index (Phi) is 4.55. The molecule has 1 aliphatic heterocycles. The van der Waals surface area contributed by atoms with Gasteiger partial charge in [-0.15, -0.1) is 0 Å². The Balaban J connectivity index is 2.47. The molecule has 1 heterocycles. The van der Waals surface area contributed by atoms with Gasteiger partial charge >= 0.3 is 6.03 Å². The molecular formula is C15H18N2O5. The first-order valence-corrected chi connectivity index (χ1v) is 6.70. The zero-order valence-corrected chi connectivity index (χ0v) is 12.9. The normalized spacial score (nSPS) is 16.0. The first kappa shape index (κ1) is 15.7. The number of urea groups is 1. The van der Waals surface area contributed by atoms with Crippen LogP contribution in [0.3, 0.4) is 0 Å². The number of carbonyl (C=O) groups is 2. The van der Waals surface area contributed by atoms with Gasteiger partial charge in [0, 0.05) is 18.2 Å². The predicted octanol–water partition coefficient (Wildman–Crippen LogP) is 1.62. The van der Waals surface area contributed by atoms with Crippen LogP contribution in [-0.2, 0) is 4.79 Å². The maximum absolute atomic E-state index is 12.1. The van der Waals surface area contributed by atoms with E-state index in [4.69, 9.17) is 14.2 Å². The molecule has 2 rings (SSSR count). The fourth-order valence-corrected chi connectivity index (χ4v) is 2.18. The van der Waals surface area contributed by atoms with E-state index in [1.54, 1.807) is 25.1 Å². The number of rotatable bonds is 5. The molecule has 0 atom stereocenters. The van der Waals surface area contributed by atoms with Crippen molar-refractivity contribution in [2.45, 2.75) is 6.92 Å². The molecule has 0 aliphatic carbocycles. The van der Waals surface area contributed by atoms with Crippen molar-refractivity contribution in [3.05, 3.63) is 23.4 Å². The van der Waals surface area contributed by atoms with Crippen molar-refractivity contribution in [1.82, 2.24) is 10.2 Å². The van der Waals surface area contributed by atoms with Gasteiger partial charge in [-0.2, -0.15) is 0 Å². The lowest BCUT2D eigenvalue weighted by Gasteiger charge is -2.12. The van der Waals surface area contributed by atoms with Gasteiger partial charge in [-0.1, -0.05) is 0 Å². The van der Waals surface area contributed by atoms with Crippen molar-refractivity contribution >= 4 is 18.0 Å². The second-order valence-electron chi connectivity index (χ2n) is 4.49. The molecule has 1 aromatic carbocycles. The molecule has 0 bridgehead atoms. The van der Waals surface area contributed by atoms with Gasteiger partial charge in [-0.25, -0.2) is 4.79 Å². The lowest BCUT2D eigenvalue weighted by Crippen LogP contribution is -2.30. The Morgan fingerprint density at radius 2 is 1.64 bits per heavy atom. The number of nitrogens with zero attached hydrogens (tertiary/aromatic N) is 1. The predicted molar refractivity (Wildman–Crippen MR) is 80.0 cm³/mol. The molecule has 1 aliphatic rings. The summed E-state index contributed by atoms with van der Waals surface area (Å²) in [6.07, 6.45) is 1.55. The van der Waals surface area contributed by atoms with Gasteiger partial charge in [0.2, 0.25) is 0 Å². The van der Waals surface area contributed by atoms with E-state index in [2.05, 4.69) is 5.32 Å². The van der Waals surface area contributed by atoms with E-state index >= 15 is 0 Å². The second kappa shape index (κ2) is 6.38. The number of imide groups is 1.